The minimum atomic E-state index is -0.249. The van der Waals surface area contributed by atoms with Crippen molar-refractivity contribution in [3.63, 3.8) is 0 Å². The summed E-state index contributed by atoms with van der Waals surface area (Å²) in [4.78, 5) is 0. The third kappa shape index (κ3) is 2.36. The summed E-state index contributed by atoms with van der Waals surface area (Å²) in [5.74, 6) is 0.640. The molecule has 0 N–H and O–H groups in total. The van der Waals surface area contributed by atoms with Crippen LogP contribution in [0.2, 0.25) is 0 Å². The van der Waals surface area contributed by atoms with Gasteiger partial charge in [-0.1, -0.05) is 25.2 Å². The van der Waals surface area contributed by atoms with Crippen molar-refractivity contribution in [2.24, 2.45) is 5.92 Å². The van der Waals surface area contributed by atoms with Gasteiger partial charge in [-0.2, -0.15) is 0 Å². The molecule has 1 fully saturated rings. The van der Waals surface area contributed by atoms with E-state index < -0.39 is 0 Å². The average molecular weight is 234 g/mol. The van der Waals surface area contributed by atoms with Gasteiger partial charge in [-0.25, -0.2) is 0 Å². The van der Waals surface area contributed by atoms with Gasteiger partial charge in [0.25, 0.3) is 0 Å². The quantitative estimate of drug-likeness (QED) is 0.646. The Morgan fingerprint density at radius 2 is 1.71 bits per heavy atom. The van der Waals surface area contributed by atoms with Gasteiger partial charge in [-0.05, 0) is 51.9 Å². The van der Waals surface area contributed by atoms with Crippen LogP contribution in [0.1, 0.15) is 47.5 Å². The Morgan fingerprint density at radius 1 is 1.18 bits per heavy atom. The van der Waals surface area contributed by atoms with E-state index >= 15 is 0 Å². The molecule has 0 amide bonds. The fourth-order valence-corrected chi connectivity index (χ4v) is 2.46. The van der Waals surface area contributed by atoms with E-state index in [0.29, 0.717) is 5.92 Å². The molecule has 1 aliphatic carbocycles. The maximum absolute atomic E-state index is 6.07. The SMILES string of the molecule is C=C1C=C(B2OC(C)(C)C(C)(C)O2)CC(C)C1. The molecule has 2 nitrogen and oxygen atoms in total. The molecule has 0 saturated carbocycles. The zero-order chi connectivity index (χ0) is 12.8. The highest BCUT2D eigenvalue weighted by Crippen LogP contribution is 2.41. The molecule has 3 heteroatoms. The first-order valence-electron chi connectivity index (χ1n) is 6.45. The lowest BCUT2D eigenvalue weighted by Crippen LogP contribution is -2.41. The Hall–Kier alpha value is -0.535. The van der Waals surface area contributed by atoms with Gasteiger partial charge in [0.05, 0.1) is 11.2 Å². The second-order valence-corrected chi connectivity index (χ2v) is 6.48. The molecule has 94 valence electrons. The van der Waals surface area contributed by atoms with E-state index in [0.717, 1.165) is 12.8 Å². The maximum Gasteiger partial charge on any atom is 0.490 e. The van der Waals surface area contributed by atoms with Crippen LogP contribution in [0.3, 0.4) is 0 Å². The van der Waals surface area contributed by atoms with Crippen LogP contribution in [0, 0.1) is 5.92 Å². The molecule has 17 heavy (non-hydrogen) atoms. The van der Waals surface area contributed by atoms with Crippen molar-refractivity contribution in [2.45, 2.75) is 58.7 Å². The van der Waals surface area contributed by atoms with Gasteiger partial charge in [-0.15, -0.1) is 0 Å². The molecule has 0 aromatic rings. The Balaban J connectivity index is 2.19. The van der Waals surface area contributed by atoms with Crippen LogP contribution in [0.4, 0.5) is 0 Å². The van der Waals surface area contributed by atoms with Crippen LogP contribution in [-0.4, -0.2) is 18.3 Å². The first-order valence-corrected chi connectivity index (χ1v) is 6.45. The topological polar surface area (TPSA) is 18.5 Å². The molecule has 1 aliphatic heterocycles. The number of allylic oxidation sites excluding steroid dienone is 3. The highest BCUT2D eigenvalue weighted by atomic mass is 16.7. The molecule has 0 spiro atoms. The molecule has 2 aliphatic rings. The van der Waals surface area contributed by atoms with Gasteiger partial charge < -0.3 is 9.31 Å². The molecule has 1 atom stereocenters. The number of hydrogen-bond donors (Lipinski definition) is 0. The highest BCUT2D eigenvalue weighted by molar-refractivity contribution is 6.54. The Labute approximate surface area is 105 Å². The molecule has 0 aromatic carbocycles. The molecule has 0 radical (unpaired) electrons. The van der Waals surface area contributed by atoms with Crippen LogP contribution >= 0.6 is 0 Å². The van der Waals surface area contributed by atoms with E-state index in [9.17, 15) is 0 Å². The summed E-state index contributed by atoms with van der Waals surface area (Å²) < 4.78 is 12.1. The van der Waals surface area contributed by atoms with Crippen LogP contribution in [0.15, 0.2) is 23.7 Å². The van der Waals surface area contributed by atoms with Crippen molar-refractivity contribution in [1.29, 1.82) is 0 Å². The smallest absolute Gasteiger partial charge is 0.400 e. The standard InChI is InChI=1S/C14H23BO2/c1-10-7-11(2)9-12(8-10)15-16-13(3,4)14(5,6)17-15/h8,11H,1,7,9H2,2-6H3. The lowest BCUT2D eigenvalue weighted by Gasteiger charge is -2.32. The van der Waals surface area contributed by atoms with Gasteiger partial charge in [0.2, 0.25) is 0 Å². The van der Waals surface area contributed by atoms with Crippen molar-refractivity contribution < 1.29 is 9.31 Å². The Morgan fingerprint density at radius 3 is 2.18 bits per heavy atom. The molecule has 0 aromatic heterocycles. The van der Waals surface area contributed by atoms with Crippen molar-refractivity contribution >= 4 is 7.12 Å². The number of hydrogen-bond acceptors (Lipinski definition) is 2. The van der Waals surface area contributed by atoms with E-state index in [2.05, 4.69) is 47.3 Å². The molecule has 1 unspecified atom stereocenters. The van der Waals surface area contributed by atoms with Crippen LogP contribution < -0.4 is 0 Å². The van der Waals surface area contributed by atoms with Crippen LogP contribution in [-0.2, 0) is 9.31 Å². The first kappa shape index (κ1) is 12.9. The largest absolute Gasteiger partial charge is 0.490 e. The van der Waals surface area contributed by atoms with E-state index in [-0.39, 0.29) is 18.3 Å². The predicted molar refractivity (Wildman–Crippen MR) is 71.7 cm³/mol. The summed E-state index contributed by atoms with van der Waals surface area (Å²) in [5.41, 5.74) is 1.93. The second-order valence-electron chi connectivity index (χ2n) is 6.48. The third-order valence-corrected chi connectivity index (χ3v) is 4.14. The third-order valence-electron chi connectivity index (χ3n) is 4.14. The second kappa shape index (κ2) is 3.99. The molecule has 1 saturated heterocycles. The van der Waals surface area contributed by atoms with Crippen molar-refractivity contribution in [2.75, 3.05) is 0 Å². The molecule has 0 bridgehead atoms. The fourth-order valence-electron chi connectivity index (χ4n) is 2.46. The molecule has 1 heterocycles. The van der Waals surface area contributed by atoms with Gasteiger partial charge in [0.1, 0.15) is 0 Å². The first-order chi connectivity index (χ1) is 7.71. The molecular weight excluding hydrogens is 211 g/mol. The van der Waals surface area contributed by atoms with E-state index in [1.165, 1.54) is 11.0 Å². The fraction of sp³-hybridized carbons (Fsp3) is 0.714. The zero-order valence-corrected chi connectivity index (χ0v) is 11.7. The summed E-state index contributed by atoms with van der Waals surface area (Å²) in [6.07, 6.45) is 4.29. The highest BCUT2D eigenvalue weighted by Gasteiger charge is 2.52. The number of rotatable bonds is 1. The summed E-state index contributed by atoms with van der Waals surface area (Å²) in [6.45, 7) is 14.7. The van der Waals surface area contributed by atoms with Crippen molar-refractivity contribution in [3.8, 4) is 0 Å². The van der Waals surface area contributed by atoms with Gasteiger partial charge in [-0.3, -0.25) is 0 Å². The predicted octanol–water partition coefficient (Wildman–Crippen LogP) is 3.53. The summed E-state index contributed by atoms with van der Waals surface area (Å²) in [6, 6.07) is 0. The Kier molecular flexibility index (Phi) is 3.03. The monoisotopic (exact) mass is 234 g/mol. The lowest BCUT2D eigenvalue weighted by molar-refractivity contribution is 0.00578. The molecular formula is C14H23BO2. The maximum atomic E-state index is 6.07. The minimum Gasteiger partial charge on any atom is -0.400 e. The van der Waals surface area contributed by atoms with Crippen LogP contribution in [0.5, 0.6) is 0 Å². The Bertz CT molecular complexity index is 352. The van der Waals surface area contributed by atoms with Gasteiger partial charge in [0.15, 0.2) is 0 Å². The summed E-state index contributed by atoms with van der Waals surface area (Å²) in [7, 11) is -0.195. The van der Waals surface area contributed by atoms with Crippen molar-refractivity contribution in [3.05, 3.63) is 23.7 Å². The van der Waals surface area contributed by atoms with E-state index in [1.807, 2.05) is 0 Å². The average Bonchev–Trinajstić information content (AvgIpc) is 2.34. The zero-order valence-electron chi connectivity index (χ0n) is 11.7. The minimum absolute atomic E-state index is 0.195. The van der Waals surface area contributed by atoms with Crippen LogP contribution in [0.25, 0.3) is 0 Å². The van der Waals surface area contributed by atoms with Gasteiger partial charge >= 0.3 is 7.12 Å². The summed E-state index contributed by atoms with van der Waals surface area (Å²) in [5, 5.41) is 0. The lowest BCUT2D eigenvalue weighted by atomic mass is 9.69. The van der Waals surface area contributed by atoms with Gasteiger partial charge in [0, 0.05) is 0 Å². The van der Waals surface area contributed by atoms with Crippen molar-refractivity contribution in [1.82, 2.24) is 0 Å². The summed E-state index contributed by atoms with van der Waals surface area (Å²) >= 11 is 0. The van der Waals surface area contributed by atoms with E-state index in [4.69, 9.17) is 9.31 Å². The van der Waals surface area contributed by atoms with E-state index in [1.54, 1.807) is 0 Å². The molecule has 2 rings (SSSR count). The normalized spacial score (nSPS) is 31.6.